The Bertz CT molecular complexity index is 1160. The molecule has 0 bridgehead atoms. The molecular weight excluding hydrogens is 354 g/mol. The van der Waals surface area contributed by atoms with Crippen LogP contribution in [0, 0.1) is 0 Å². The zero-order valence-electron chi connectivity index (χ0n) is 16.0. The third-order valence-electron chi connectivity index (χ3n) is 5.99. The Balaban J connectivity index is 2.02. The van der Waals surface area contributed by atoms with Gasteiger partial charge in [0.25, 0.3) is 0 Å². The maximum Gasteiger partial charge on any atom is 0.194 e. The van der Waals surface area contributed by atoms with Crippen LogP contribution in [0.5, 0.6) is 0 Å². The standard InChI is InChI=1S/C27H21NO/c28-18-19-10-9-17-24-25(19)26(29)22-15-7-8-16-23(22)27(24,20-11-3-1-4-12-20)21-13-5-2-6-14-21/h1-17H,18,28H2. The first-order valence-electron chi connectivity index (χ1n) is 9.86. The number of hydrogen-bond donors (Lipinski definition) is 1. The molecule has 0 aliphatic heterocycles. The van der Waals surface area contributed by atoms with Crippen molar-refractivity contribution in [3.63, 3.8) is 0 Å². The quantitative estimate of drug-likeness (QED) is 0.478. The highest BCUT2D eigenvalue weighted by Gasteiger charge is 2.46. The molecule has 0 spiro atoms. The van der Waals surface area contributed by atoms with E-state index in [2.05, 4.69) is 60.7 Å². The highest BCUT2D eigenvalue weighted by Crippen LogP contribution is 2.51. The van der Waals surface area contributed by atoms with Gasteiger partial charge < -0.3 is 5.73 Å². The van der Waals surface area contributed by atoms with Crippen LogP contribution < -0.4 is 5.73 Å². The SMILES string of the molecule is NCc1cccc2c1C(=O)c1ccccc1C2(c1ccccc1)c1ccccc1. The average molecular weight is 375 g/mol. The summed E-state index contributed by atoms with van der Waals surface area (Å²) in [5.41, 5.74) is 12.2. The van der Waals surface area contributed by atoms with Gasteiger partial charge in [-0.3, -0.25) is 4.79 Å². The van der Waals surface area contributed by atoms with E-state index in [4.69, 9.17) is 5.73 Å². The second-order valence-electron chi connectivity index (χ2n) is 7.40. The molecule has 0 amide bonds. The van der Waals surface area contributed by atoms with Crippen molar-refractivity contribution in [3.8, 4) is 0 Å². The minimum atomic E-state index is -0.576. The molecule has 0 aromatic heterocycles. The normalized spacial score (nSPS) is 14.2. The van der Waals surface area contributed by atoms with Crippen molar-refractivity contribution in [1.82, 2.24) is 0 Å². The average Bonchev–Trinajstić information content (AvgIpc) is 2.80. The van der Waals surface area contributed by atoms with Crippen LogP contribution in [0.25, 0.3) is 0 Å². The van der Waals surface area contributed by atoms with Crippen LogP contribution in [-0.4, -0.2) is 5.78 Å². The summed E-state index contributed by atoms with van der Waals surface area (Å²) in [6.45, 7) is 0.330. The van der Waals surface area contributed by atoms with Gasteiger partial charge in [-0.25, -0.2) is 0 Å². The lowest BCUT2D eigenvalue weighted by Gasteiger charge is -2.42. The van der Waals surface area contributed by atoms with Gasteiger partial charge in [0.15, 0.2) is 5.78 Å². The van der Waals surface area contributed by atoms with Gasteiger partial charge >= 0.3 is 0 Å². The van der Waals surface area contributed by atoms with Gasteiger partial charge in [-0.05, 0) is 27.8 Å². The van der Waals surface area contributed by atoms with Crippen LogP contribution in [0.1, 0.15) is 43.7 Å². The third-order valence-corrected chi connectivity index (χ3v) is 5.99. The Kier molecular flexibility index (Phi) is 4.15. The molecule has 1 aliphatic carbocycles. The summed E-state index contributed by atoms with van der Waals surface area (Å²) in [7, 11) is 0. The summed E-state index contributed by atoms with van der Waals surface area (Å²) < 4.78 is 0. The highest BCUT2D eigenvalue weighted by atomic mass is 16.1. The lowest BCUT2D eigenvalue weighted by molar-refractivity contribution is 0.103. The molecule has 29 heavy (non-hydrogen) atoms. The minimum Gasteiger partial charge on any atom is -0.326 e. The van der Waals surface area contributed by atoms with Gasteiger partial charge in [-0.1, -0.05) is 103 Å². The first-order valence-corrected chi connectivity index (χ1v) is 9.86. The highest BCUT2D eigenvalue weighted by molar-refractivity contribution is 6.14. The predicted octanol–water partition coefficient (Wildman–Crippen LogP) is 5.07. The number of ketones is 1. The lowest BCUT2D eigenvalue weighted by Crippen LogP contribution is -2.38. The predicted molar refractivity (Wildman–Crippen MR) is 116 cm³/mol. The minimum absolute atomic E-state index is 0.0548. The van der Waals surface area contributed by atoms with E-state index >= 15 is 0 Å². The zero-order chi connectivity index (χ0) is 19.8. The number of hydrogen-bond acceptors (Lipinski definition) is 2. The van der Waals surface area contributed by atoms with Crippen molar-refractivity contribution in [2.75, 3.05) is 0 Å². The Labute approximate surface area is 170 Å². The van der Waals surface area contributed by atoms with Crippen molar-refractivity contribution < 1.29 is 4.79 Å². The topological polar surface area (TPSA) is 43.1 Å². The second kappa shape index (κ2) is 6.84. The Morgan fingerprint density at radius 2 is 1.17 bits per heavy atom. The first kappa shape index (κ1) is 17.6. The Hall–Kier alpha value is -3.49. The molecular formula is C27H21NO. The Morgan fingerprint density at radius 1 is 0.621 bits per heavy atom. The number of nitrogens with two attached hydrogens (primary N) is 1. The molecule has 140 valence electrons. The smallest absolute Gasteiger partial charge is 0.194 e. The fourth-order valence-electron chi connectivity index (χ4n) is 4.80. The number of rotatable bonds is 3. The molecule has 0 saturated heterocycles. The van der Waals surface area contributed by atoms with E-state index < -0.39 is 5.41 Å². The fourth-order valence-corrected chi connectivity index (χ4v) is 4.80. The number of carbonyl (C=O) groups excluding carboxylic acids is 1. The van der Waals surface area contributed by atoms with E-state index in [0.29, 0.717) is 6.54 Å². The Morgan fingerprint density at radius 3 is 1.79 bits per heavy atom. The van der Waals surface area contributed by atoms with E-state index in [0.717, 1.165) is 38.9 Å². The summed E-state index contributed by atoms with van der Waals surface area (Å²) >= 11 is 0. The van der Waals surface area contributed by atoms with Crippen LogP contribution in [0.2, 0.25) is 0 Å². The summed E-state index contributed by atoms with van der Waals surface area (Å²) in [4.78, 5) is 13.6. The molecule has 0 fully saturated rings. The molecule has 0 radical (unpaired) electrons. The zero-order valence-corrected chi connectivity index (χ0v) is 16.0. The van der Waals surface area contributed by atoms with Gasteiger partial charge in [0.1, 0.15) is 0 Å². The van der Waals surface area contributed by atoms with E-state index in [-0.39, 0.29) is 5.78 Å². The van der Waals surface area contributed by atoms with Crippen molar-refractivity contribution in [1.29, 1.82) is 0 Å². The van der Waals surface area contributed by atoms with Crippen LogP contribution in [0.15, 0.2) is 103 Å². The summed E-state index contributed by atoms with van der Waals surface area (Å²) in [5, 5.41) is 0. The van der Waals surface area contributed by atoms with Crippen molar-refractivity contribution >= 4 is 5.78 Å². The number of fused-ring (bicyclic) bond motifs is 2. The van der Waals surface area contributed by atoms with Gasteiger partial charge in [0.2, 0.25) is 0 Å². The molecule has 0 unspecified atom stereocenters. The van der Waals surface area contributed by atoms with Gasteiger partial charge in [-0.15, -0.1) is 0 Å². The summed E-state index contributed by atoms with van der Waals surface area (Å²) in [6.07, 6.45) is 0. The van der Waals surface area contributed by atoms with Crippen molar-refractivity contribution in [3.05, 3.63) is 142 Å². The molecule has 2 heteroatoms. The van der Waals surface area contributed by atoms with Crippen molar-refractivity contribution in [2.24, 2.45) is 5.73 Å². The monoisotopic (exact) mass is 375 g/mol. The maximum atomic E-state index is 13.6. The largest absolute Gasteiger partial charge is 0.326 e. The summed E-state index contributed by atoms with van der Waals surface area (Å²) in [6, 6.07) is 35.0. The first-order chi connectivity index (χ1) is 14.3. The van der Waals surface area contributed by atoms with Crippen LogP contribution >= 0.6 is 0 Å². The molecule has 1 aliphatic rings. The van der Waals surface area contributed by atoms with Crippen LogP contribution in [-0.2, 0) is 12.0 Å². The third kappa shape index (κ3) is 2.43. The molecule has 0 saturated carbocycles. The molecule has 5 rings (SSSR count). The maximum absolute atomic E-state index is 13.6. The van der Waals surface area contributed by atoms with Gasteiger partial charge in [0.05, 0.1) is 5.41 Å². The molecule has 2 nitrogen and oxygen atoms in total. The molecule has 4 aromatic carbocycles. The fraction of sp³-hybridized carbons (Fsp3) is 0.0741. The number of carbonyl (C=O) groups is 1. The number of benzene rings is 4. The van der Waals surface area contributed by atoms with E-state index in [1.807, 2.05) is 42.5 Å². The van der Waals surface area contributed by atoms with E-state index in [9.17, 15) is 4.79 Å². The van der Waals surface area contributed by atoms with Gasteiger partial charge in [0, 0.05) is 17.7 Å². The molecule has 0 atom stereocenters. The van der Waals surface area contributed by atoms with Crippen molar-refractivity contribution in [2.45, 2.75) is 12.0 Å². The summed E-state index contributed by atoms with van der Waals surface area (Å²) in [5.74, 6) is 0.0548. The molecule has 4 aromatic rings. The van der Waals surface area contributed by atoms with Crippen LogP contribution in [0.4, 0.5) is 0 Å². The lowest BCUT2D eigenvalue weighted by atomic mass is 9.59. The van der Waals surface area contributed by atoms with E-state index in [1.165, 1.54) is 0 Å². The molecule has 0 heterocycles. The van der Waals surface area contributed by atoms with Crippen LogP contribution in [0.3, 0.4) is 0 Å². The van der Waals surface area contributed by atoms with E-state index in [1.54, 1.807) is 0 Å². The van der Waals surface area contributed by atoms with Gasteiger partial charge in [-0.2, -0.15) is 0 Å². The molecule has 2 N–H and O–H groups in total. The second-order valence-corrected chi connectivity index (χ2v) is 7.40.